The number of carbonyl (C=O) groups is 4. The van der Waals surface area contributed by atoms with E-state index in [4.69, 9.17) is 14.2 Å². The molecule has 2 unspecified atom stereocenters. The Hall–Kier alpha value is -2.95. The third kappa shape index (κ3) is 6.55. The van der Waals surface area contributed by atoms with Crippen LogP contribution < -0.4 is 5.32 Å². The monoisotopic (exact) mass is 493 g/mol. The number of amides is 3. The lowest BCUT2D eigenvalue weighted by Gasteiger charge is -2.37. The van der Waals surface area contributed by atoms with Crippen LogP contribution in [0.4, 0.5) is 9.59 Å². The van der Waals surface area contributed by atoms with Gasteiger partial charge in [-0.25, -0.2) is 19.2 Å². The molecule has 2 saturated heterocycles. The maximum atomic E-state index is 12.7. The van der Waals surface area contributed by atoms with Crippen molar-refractivity contribution in [3.8, 4) is 0 Å². The predicted octanol–water partition coefficient (Wildman–Crippen LogP) is 2.02. The Balaban J connectivity index is 1.53. The van der Waals surface area contributed by atoms with Crippen molar-refractivity contribution in [2.45, 2.75) is 44.0 Å². The van der Waals surface area contributed by atoms with Gasteiger partial charge in [0.1, 0.15) is 19.3 Å². The molecule has 2 aliphatic heterocycles. The van der Waals surface area contributed by atoms with Crippen molar-refractivity contribution in [2.75, 3.05) is 38.8 Å². The van der Waals surface area contributed by atoms with Crippen molar-refractivity contribution >= 4 is 35.8 Å². The number of carbonyl (C=O) groups excluding carboxylic acids is 4. The number of piperidine rings is 1. The summed E-state index contributed by atoms with van der Waals surface area (Å²) in [6.45, 7) is 0.823. The largest absolute Gasteiger partial charge is 0.467 e. The molecule has 0 saturated carbocycles. The second-order valence-corrected chi connectivity index (χ2v) is 9.10. The summed E-state index contributed by atoms with van der Waals surface area (Å²) < 4.78 is 15.4. The first-order valence-corrected chi connectivity index (χ1v) is 12.6. The van der Waals surface area contributed by atoms with E-state index in [2.05, 4.69) is 5.32 Å². The molecule has 2 aliphatic rings. The van der Waals surface area contributed by atoms with Gasteiger partial charge in [-0.2, -0.15) is 11.8 Å². The first kappa shape index (κ1) is 25.7. The molecule has 2 fully saturated rings. The molecule has 2 heterocycles. The van der Waals surface area contributed by atoms with Gasteiger partial charge in [-0.15, -0.1) is 0 Å². The van der Waals surface area contributed by atoms with Crippen molar-refractivity contribution in [2.24, 2.45) is 0 Å². The molecule has 0 aliphatic carbocycles. The van der Waals surface area contributed by atoms with E-state index in [1.165, 1.54) is 12.0 Å². The highest BCUT2D eigenvalue weighted by Gasteiger charge is 2.44. The maximum Gasteiger partial charge on any atom is 0.410 e. The summed E-state index contributed by atoms with van der Waals surface area (Å²) in [6, 6.07) is 7.19. The number of esters is 2. The molecule has 1 aromatic carbocycles. The molecular weight excluding hydrogens is 462 g/mol. The molecular formula is C23H31N3O7S. The zero-order chi connectivity index (χ0) is 24.5. The summed E-state index contributed by atoms with van der Waals surface area (Å²) in [5, 5.41) is 2.74. The number of hydrogen-bond donors (Lipinski definition) is 1. The average Bonchev–Trinajstić information content (AvgIpc) is 3.26. The van der Waals surface area contributed by atoms with E-state index in [1.807, 2.05) is 36.6 Å². The first-order chi connectivity index (χ1) is 16.4. The van der Waals surface area contributed by atoms with Gasteiger partial charge in [0.15, 0.2) is 6.04 Å². The number of cyclic esters (lactones) is 1. The average molecular weight is 494 g/mol. The van der Waals surface area contributed by atoms with E-state index < -0.39 is 30.1 Å². The molecule has 0 radical (unpaired) electrons. The van der Waals surface area contributed by atoms with Crippen molar-refractivity contribution in [1.82, 2.24) is 15.1 Å². The van der Waals surface area contributed by atoms with Gasteiger partial charge in [0.05, 0.1) is 7.11 Å². The quantitative estimate of drug-likeness (QED) is 0.411. The third-order valence-electron chi connectivity index (χ3n) is 5.95. The van der Waals surface area contributed by atoms with Crippen molar-refractivity contribution < 1.29 is 33.4 Å². The second kappa shape index (κ2) is 12.5. The second-order valence-electron chi connectivity index (χ2n) is 8.12. The Bertz CT molecular complexity index is 861. The summed E-state index contributed by atoms with van der Waals surface area (Å²) in [7, 11) is 1.29. The Morgan fingerprint density at radius 1 is 1.21 bits per heavy atom. The molecule has 1 N–H and O–H groups in total. The number of likely N-dealkylation sites (tertiary alicyclic amines) is 1. The number of nitrogens with one attached hydrogen (secondary N) is 1. The SMILES string of the molecule is COC(=O)C(CCSC)NC(=O)N1CCC(N2C(=O)OCC2C(=O)OCc2ccccc2)CC1. The standard InChI is InChI=1S/C23H31N3O7S/c1-31-20(27)18(10-13-34-2)24-22(29)25-11-8-17(9-12-25)26-19(15-33-23(26)30)21(28)32-14-16-6-4-3-5-7-16/h3-7,17-19H,8-15H2,1-2H3,(H,24,29). The van der Waals surface area contributed by atoms with Crippen LogP contribution in [0.5, 0.6) is 0 Å². The minimum Gasteiger partial charge on any atom is -0.467 e. The summed E-state index contributed by atoms with van der Waals surface area (Å²) in [5.41, 5.74) is 0.856. The lowest BCUT2D eigenvalue weighted by atomic mass is 10.0. The number of thioether (sulfide) groups is 1. The summed E-state index contributed by atoms with van der Waals surface area (Å²) in [5.74, 6) is -0.278. The van der Waals surface area contributed by atoms with Crippen LogP contribution >= 0.6 is 11.8 Å². The van der Waals surface area contributed by atoms with Crippen molar-refractivity contribution in [3.63, 3.8) is 0 Å². The van der Waals surface area contributed by atoms with Gasteiger partial charge in [0.25, 0.3) is 0 Å². The highest BCUT2D eigenvalue weighted by Crippen LogP contribution is 2.25. The van der Waals surface area contributed by atoms with Crippen LogP contribution in [0.15, 0.2) is 30.3 Å². The van der Waals surface area contributed by atoms with Gasteiger partial charge in [-0.05, 0) is 36.8 Å². The molecule has 34 heavy (non-hydrogen) atoms. The van der Waals surface area contributed by atoms with Crippen LogP contribution in [0.25, 0.3) is 0 Å². The molecule has 3 amide bonds. The van der Waals surface area contributed by atoms with Crippen molar-refractivity contribution in [3.05, 3.63) is 35.9 Å². The molecule has 0 bridgehead atoms. The van der Waals surface area contributed by atoms with Gasteiger partial charge < -0.3 is 24.4 Å². The van der Waals surface area contributed by atoms with Crippen LogP contribution in [-0.2, 0) is 30.4 Å². The fourth-order valence-corrected chi connectivity index (χ4v) is 4.53. The van der Waals surface area contributed by atoms with Gasteiger partial charge in [0.2, 0.25) is 0 Å². The van der Waals surface area contributed by atoms with Crippen LogP contribution in [0.1, 0.15) is 24.8 Å². The summed E-state index contributed by atoms with van der Waals surface area (Å²) in [4.78, 5) is 52.8. The number of urea groups is 1. The zero-order valence-electron chi connectivity index (χ0n) is 19.4. The molecule has 1 aromatic rings. The topological polar surface area (TPSA) is 114 Å². The predicted molar refractivity (Wildman–Crippen MR) is 125 cm³/mol. The van der Waals surface area contributed by atoms with E-state index in [0.29, 0.717) is 38.1 Å². The van der Waals surface area contributed by atoms with Gasteiger partial charge in [-0.3, -0.25) is 4.90 Å². The van der Waals surface area contributed by atoms with Crippen LogP contribution in [0.2, 0.25) is 0 Å². The first-order valence-electron chi connectivity index (χ1n) is 11.2. The highest BCUT2D eigenvalue weighted by atomic mass is 32.2. The molecule has 2 atom stereocenters. The maximum absolute atomic E-state index is 12.7. The number of rotatable bonds is 9. The van der Waals surface area contributed by atoms with Gasteiger partial charge in [-0.1, -0.05) is 30.3 Å². The molecule has 0 aromatic heterocycles. The number of hydrogen-bond acceptors (Lipinski definition) is 8. The normalized spacial score (nSPS) is 19.4. The Morgan fingerprint density at radius 3 is 2.56 bits per heavy atom. The summed E-state index contributed by atoms with van der Waals surface area (Å²) >= 11 is 1.58. The molecule has 0 spiro atoms. The highest BCUT2D eigenvalue weighted by molar-refractivity contribution is 7.98. The molecule has 11 heteroatoms. The van der Waals surface area contributed by atoms with E-state index in [9.17, 15) is 19.2 Å². The van der Waals surface area contributed by atoms with Crippen LogP contribution in [0.3, 0.4) is 0 Å². The lowest BCUT2D eigenvalue weighted by Crippen LogP contribution is -2.55. The number of nitrogens with zero attached hydrogens (tertiary/aromatic N) is 2. The Labute approximate surface area is 203 Å². The molecule has 186 valence electrons. The van der Waals surface area contributed by atoms with Gasteiger partial charge >= 0.3 is 24.1 Å². The van der Waals surface area contributed by atoms with E-state index in [0.717, 1.165) is 5.56 Å². The minimum atomic E-state index is -0.808. The van der Waals surface area contributed by atoms with E-state index in [-0.39, 0.29) is 25.3 Å². The molecule has 10 nitrogen and oxygen atoms in total. The number of ether oxygens (including phenoxy) is 3. The zero-order valence-corrected chi connectivity index (χ0v) is 20.3. The fourth-order valence-electron chi connectivity index (χ4n) is 4.06. The smallest absolute Gasteiger partial charge is 0.410 e. The van der Waals surface area contributed by atoms with E-state index in [1.54, 1.807) is 16.7 Å². The van der Waals surface area contributed by atoms with Crippen molar-refractivity contribution in [1.29, 1.82) is 0 Å². The Morgan fingerprint density at radius 2 is 1.91 bits per heavy atom. The van der Waals surface area contributed by atoms with Gasteiger partial charge in [0, 0.05) is 19.1 Å². The third-order valence-corrected chi connectivity index (χ3v) is 6.59. The minimum absolute atomic E-state index is 0.0522. The van der Waals surface area contributed by atoms with E-state index >= 15 is 0 Å². The summed E-state index contributed by atoms with van der Waals surface area (Å²) in [6.07, 6.45) is 2.82. The lowest BCUT2D eigenvalue weighted by molar-refractivity contribution is -0.150. The Kier molecular flexibility index (Phi) is 9.43. The number of benzene rings is 1. The van der Waals surface area contributed by atoms with Crippen LogP contribution in [-0.4, -0.2) is 90.8 Å². The molecule has 3 rings (SSSR count). The number of methoxy groups -OCH3 is 1. The van der Waals surface area contributed by atoms with Crippen LogP contribution in [0, 0.1) is 0 Å². The fraction of sp³-hybridized carbons (Fsp3) is 0.565.